The van der Waals surface area contributed by atoms with E-state index in [9.17, 15) is 9.90 Å². The highest BCUT2D eigenvalue weighted by molar-refractivity contribution is 5.96. The highest BCUT2D eigenvalue weighted by atomic mass is 16.3. The number of amides is 1. The molecule has 1 fully saturated rings. The van der Waals surface area contributed by atoms with Crippen LogP contribution in [0.2, 0.25) is 0 Å². The van der Waals surface area contributed by atoms with Crippen LogP contribution in [0.1, 0.15) is 13.3 Å². The molecule has 1 aromatic rings. The van der Waals surface area contributed by atoms with Crippen LogP contribution >= 0.6 is 0 Å². The van der Waals surface area contributed by atoms with E-state index in [2.05, 4.69) is 0 Å². The van der Waals surface area contributed by atoms with Crippen LogP contribution in [0.5, 0.6) is 0 Å². The van der Waals surface area contributed by atoms with Crippen LogP contribution in [0, 0.1) is 5.92 Å². The van der Waals surface area contributed by atoms with Gasteiger partial charge in [-0.25, -0.2) is 0 Å². The van der Waals surface area contributed by atoms with E-state index in [0.717, 1.165) is 5.69 Å². The first-order chi connectivity index (χ1) is 6.70. The molecule has 74 valence electrons. The number of anilines is 1. The molecule has 2 unspecified atom stereocenters. The second-order valence-electron chi connectivity index (χ2n) is 3.69. The maximum absolute atomic E-state index is 11.6. The van der Waals surface area contributed by atoms with Crippen molar-refractivity contribution in [2.24, 2.45) is 5.92 Å². The molecular weight excluding hydrogens is 178 g/mol. The van der Waals surface area contributed by atoms with Gasteiger partial charge in [0.1, 0.15) is 6.23 Å². The molecule has 1 saturated heterocycles. The predicted molar refractivity (Wildman–Crippen MR) is 53.7 cm³/mol. The monoisotopic (exact) mass is 191 g/mol. The molecule has 0 spiro atoms. The predicted octanol–water partition coefficient (Wildman–Crippen LogP) is 1.38. The Morgan fingerprint density at radius 1 is 1.36 bits per heavy atom. The summed E-state index contributed by atoms with van der Waals surface area (Å²) >= 11 is 0. The first-order valence-corrected chi connectivity index (χ1v) is 4.75. The molecular formula is C11H13NO2. The van der Waals surface area contributed by atoms with E-state index in [1.807, 2.05) is 37.3 Å². The molecule has 1 amide bonds. The van der Waals surface area contributed by atoms with Gasteiger partial charge in [0, 0.05) is 18.0 Å². The number of aliphatic hydroxyl groups is 1. The first-order valence-electron chi connectivity index (χ1n) is 4.75. The molecule has 0 bridgehead atoms. The zero-order chi connectivity index (χ0) is 10.1. The van der Waals surface area contributed by atoms with Gasteiger partial charge >= 0.3 is 0 Å². The summed E-state index contributed by atoms with van der Waals surface area (Å²) in [5.74, 6) is 0.0129. The van der Waals surface area contributed by atoms with E-state index in [-0.39, 0.29) is 11.8 Å². The highest BCUT2D eigenvalue weighted by Gasteiger charge is 2.36. The first kappa shape index (κ1) is 9.21. The number of para-hydroxylation sites is 1. The molecule has 1 heterocycles. The van der Waals surface area contributed by atoms with Crippen molar-refractivity contribution in [1.29, 1.82) is 0 Å². The van der Waals surface area contributed by atoms with Crippen LogP contribution in [0.3, 0.4) is 0 Å². The van der Waals surface area contributed by atoms with Crippen molar-refractivity contribution in [2.75, 3.05) is 4.90 Å². The van der Waals surface area contributed by atoms with Crippen molar-refractivity contribution >= 4 is 11.6 Å². The summed E-state index contributed by atoms with van der Waals surface area (Å²) in [7, 11) is 0. The van der Waals surface area contributed by atoms with Gasteiger partial charge in [-0.15, -0.1) is 0 Å². The minimum absolute atomic E-state index is 0.00352. The Morgan fingerprint density at radius 2 is 2.00 bits per heavy atom. The molecule has 3 nitrogen and oxygen atoms in total. The smallest absolute Gasteiger partial charge is 0.229 e. The summed E-state index contributed by atoms with van der Waals surface area (Å²) in [4.78, 5) is 13.0. The van der Waals surface area contributed by atoms with Crippen molar-refractivity contribution in [1.82, 2.24) is 0 Å². The molecule has 0 saturated carbocycles. The number of carbonyl (C=O) groups excluding carboxylic acids is 1. The Kier molecular flexibility index (Phi) is 2.25. The lowest BCUT2D eigenvalue weighted by Gasteiger charge is -2.21. The zero-order valence-electron chi connectivity index (χ0n) is 8.05. The third-order valence-corrected chi connectivity index (χ3v) is 2.57. The third-order valence-electron chi connectivity index (χ3n) is 2.57. The van der Waals surface area contributed by atoms with Gasteiger partial charge in [0.05, 0.1) is 0 Å². The Hall–Kier alpha value is -1.35. The molecule has 0 radical (unpaired) electrons. The van der Waals surface area contributed by atoms with Crippen molar-refractivity contribution in [3.05, 3.63) is 30.3 Å². The minimum Gasteiger partial charge on any atom is -0.373 e. The summed E-state index contributed by atoms with van der Waals surface area (Å²) in [6, 6.07) is 9.27. The minimum atomic E-state index is -0.676. The molecule has 3 heteroatoms. The molecule has 0 aromatic heterocycles. The van der Waals surface area contributed by atoms with Crippen LogP contribution < -0.4 is 4.90 Å². The third kappa shape index (κ3) is 1.40. The lowest BCUT2D eigenvalue weighted by atomic mass is 10.1. The van der Waals surface area contributed by atoms with E-state index in [4.69, 9.17) is 0 Å². The van der Waals surface area contributed by atoms with E-state index >= 15 is 0 Å². The van der Waals surface area contributed by atoms with Gasteiger partial charge in [-0.05, 0) is 12.1 Å². The summed E-state index contributed by atoms with van der Waals surface area (Å²) in [6.45, 7) is 1.88. The average molecular weight is 191 g/mol. The standard InChI is InChI=1S/C11H13NO2/c1-8-7-10(13)12(11(8)14)9-5-3-2-4-6-9/h2-6,8,11,14H,7H2,1H3. The maximum Gasteiger partial charge on any atom is 0.229 e. The van der Waals surface area contributed by atoms with E-state index < -0.39 is 6.23 Å². The molecule has 2 atom stereocenters. The van der Waals surface area contributed by atoms with Crippen LogP contribution in [-0.4, -0.2) is 17.2 Å². The second kappa shape index (κ2) is 3.42. The maximum atomic E-state index is 11.6. The summed E-state index contributed by atoms with van der Waals surface area (Å²) in [5, 5.41) is 9.79. The quantitative estimate of drug-likeness (QED) is 0.728. The molecule has 14 heavy (non-hydrogen) atoms. The summed E-state index contributed by atoms with van der Waals surface area (Å²) < 4.78 is 0. The number of hydrogen-bond donors (Lipinski definition) is 1. The Labute approximate surface area is 83.0 Å². The molecule has 1 aliphatic heterocycles. The van der Waals surface area contributed by atoms with Crippen LogP contribution in [0.15, 0.2) is 30.3 Å². The number of nitrogens with zero attached hydrogens (tertiary/aromatic N) is 1. The lowest BCUT2D eigenvalue weighted by molar-refractivity contribution is -0.117. The van der Waals surface area contributed by atoms with Crippen LogP contribution in [0.25, 0.3) is 0 Å². The van der Waals surface area contributed by atoms with E-state index in [0.29, 0.717) is 6.42 Å². The number of hydrogen-bond acceptors (Lipinski definition) is 2. The molecule has 0 aliphatic carbocycles. The number of aliphatic hydroxyl groups excluding tert-OH is 1. The van der Waals surface area contributed by atoms with Crippen LogP contribution in [-0.2, 0) is 4.79 Å². The number of rotatable bonds is 1. The van der Waals surface area contributed by atoms with Gasteiger partial charge in [0.25, 0.3) is 0 Å². The summed E-state index contributed by atoms with van der Waals surface area (Å²) in [6.07, 6.45) is -0.249. The molecule has 1 aromatic carbocycles. The number of benzene rings is 1. The Bertz CT molecular complexity index is 336. The normalized spacial score (nSPS) is 27.0. The van der Waals surface area contributed by atoms with Gasteiger partial charge in [0.2, 0.25) is 5.91 Å². The zero-order valence-corrected chi connectivity index (χ0v) is 8.05. The SMILES string of the molecule is CC1CC(=O)N(c2ccccc2)C1O. The Morgan fingerprint density at radius 3 is 2.50 bits per heavy atom. The van der Waals surface area contributed by atoms with Gasteiger partial charge in [-0.1, -0.05) is 25.1 Å². The van der Waals surface area contributed by atoms with Crippen molar-refractivity contribution < 1.29 is 9.90 Å². The van der Waals surface area contributed by atoms with Crippen molar-refractivity contribution in [3.8, 4) is 0 Å². The van der Waals surface area contributed by atoms with Gasteiger partial charge in [-0.3, -0.25) is 9.69 Å². The fraction of sp³-hybridized carbons (Fsp3) is 0.364. The second-order valence-corrected chi connectivity index (χ2v) is 3.69. The molecule has 1 N–H and O–H groups in total. The van der Waals surface area contributed by atoms with Crippen LogP contribution in [0.4, 0.5) is 5.69 Å². The van der Waals surface area contributed by atoms with Gasteiger partial charge < -0.3 is 5.11 Å². The van der Waals surface area contributed by atoms with Crippen molar-refractivity contribution in [3.63, 3.8) is 0 Å². The van der Waals surface area contributed by atoms with Crippen molar-refractivity contribution in [2.45, 2.75) is 19.6 Å². The van der Waals surface area contributed by atoms with Gasteiger partial charge in [-0.2, -0.15) is 0 Å². The number of carbonyl (C=O) groups is 1. The Balaban J connectivity index is 2.31. The topological polar surface area (TPSA) is 40.5 Å². The largest absolute Gasteiger partial charge is 0.373 e. The fourth-order valence-corrected chi connectivity index (χ4v) is 1.77. The molecule has 2 rings (SSSR count). The van der Waals surface area contributed by atoms with E-state index in [1.54, 1.807) is 0 Å². The average Bonchev–Trinajstić information content (AvgIpc) is 2.43. The molecule has 1 aliphatic rings. The summed E-state index contributed by atoms with van der Waals surface area (Å²) in [5.41, 5.74) is 0.773. The van der Waals surface area contributed by atoms with Gasteiger partial charge in [0.15, 0.2) is 0 Å². The van der Waals surface area contributed by atoms with E-state index in [1.165, 1.54) is 4.90 Å². The lowest BCUT2D eigenvalue weighted by Crippen LogP contribution is -2.34. The highest BCUT2D eigenvalue weighted by Crippen LogP contribution is 2.28. The fourth-order valence-electron chi connectivity index (χ4n) is 1.77.